The second kappa shape index (κ2) is 8.43. The Kier molecular flexibility index (Phi) is 6.55. The fourth-order valence-electron chi connectivity index (χ4n) is 3.77. The van der Waals surface area contributed by atoms with Crippen LogP contribution in [0.1, 0.15) is 46.5 Å². The van der Waals surface area contributed by atoms with Crippen LogP contribution in [0.5, 0.6) is 0 Å². The third kappa shape index (κ3) is 4.44. The number of allylic oxidation sites excluding steroid dienone is 4. The fourth-order valence-corrected chi connectivity index (χ4v) is 3.77. The number of esters is 1. The van der Waals surface area contributed by atoms with E-state index in [1.54, 1.807) is 6.08 Å². The first-order valence-electron chi connectivity index (χ1n) is 8.73. The third-order valence-corrected chi connectivity index (χ3v) is 5.00. The first kappa shape index (κ1) is 18.7. The summed E-state index contributed by atoms with van der Waals surface area (Å²) in [7, 11) is 0. The van der Waals surface area contributed by atoms with Gasteiger partial charge in [0.15, 0.2) is 0 Å². The first-order valence-corrected chi connectivity index (χ1v) is 8.73. The lowest BCUT2D eigenvalue weighted by Crippen LogP contribution is -2.46. The van der Waals surface area contributed by atoms with Gasteiger partial charge in [0, 0.05) is 11.5 Å². The third-order valence-electron chi connectivity index (χ3n) is 5.00. The van der Waals surface area contributed by atoms with Gasteiger partial charge < -0.3 is 9.84 Å². The van der Waals surface area contributed by atoms with Gasteiger partial charge in [0.1, 0.15) is 6.29 Å². The van der Waals surface area contributed by atoms with Crippen LogP contribution in [-0.4, -0.2) is 30.1 Å². The topological polar surface area (TPSA) is 63.6 Å². The van der Waals surface area contributed by atoms with Crippen LogP contribution in [-0.2, 0) is 14.3 Å². The van der Waals surface area contributed by atoms with E-state index >= 15 is 0 Å². The Morgan fingerprint density at radius 1 is 1.38 bits per heavy atom. The van der Waals surface area contributed by atoms with Gasteiger partial charge in [-0.2, -0.15) is 0 Å². The summed E-state index contributed by atoms with van der Waals surface area (Å²) in [4.78, 5) is 23.9. The van der Waals surface area contributed by atoms with Gasteiger partial charge in [-0.15, -0.1) is 0 Å². The first-order chi connectivity index (χ1) is 11.4. The number of carbonyl (C=O) groups is 2. The number of fused-ring (bicyclic) bond motifs is 1. The summed E-state index contributed by atoms with van der Waals surface area (Å²) in [6.07, 6.45) is 8.93. The maximum absolute atomic E-state index is 12.4. The molecule has 1 aliphatic heterocycles. The minimum absolute atomic E-state index is 0.0625. The molecule has 0 aromatic heterocycles. The van der Waals surface area contributed by atoms with Crippen molar-refractivity contribution in [2.75, 3.05) is 6.61 Å². The molecule has 0 spiro atoms. The minimum atomic E-state index is -0.651. The van der Waals surface area contributed by atoms with E-state index in [1.807, 2.05) is 13.0 Å². The van der Waals surface area contributed by atoms with E-state index in [0.717, 1.165) is 24.7 Å². The molecule has 0 bridgehead atoms. The zero-order valence-corrected chi connectivity index (χ0v) is 14.8. The van der Waals surface area contributed by atoms with E-state index < -0.39 is 12.0 Å². The standard InChI is InChI=1S/C20H28O4/c1-13(2)6-4-9-16-12-24-20(23)19-15(11-21)8-5-7-14(3)10-17(22)18(16)19/h6-8,11,16-19,22H,4-5,9-10,12H2,1-3H3/b14-7-,15-8-/t16-,17+,18+,19-/m1/s1. The van der Waals surface area contributed by atoms with Crippen molar-refractivity contribution in [3.63, 3.8) is 0 Å². The Balaban J connectivity index is 2.33. The Morgan fingerprint density at radius 3 is 2.79 bits per heavy atom. The van der Waals surface area contributed by atoms with Crippen molar-refractivity contribution in [2.24, 2.45) is 17.8 Å². The maximum Gasteiger partial charge on any atom is 0.313 e. The number of hydrogen-bond acceptors (Lipinski definition) is 4. The van der Waals surface area contributed by atoms with E-state index in [2.05, 4.69) is 19.9 Å². The smallest absolute Gasteiger partial charge is 0.313 e. The molecule has 0 amide bonds. The van der Waals surface area contributed by atoms with Crippen LogP contribution < -0.4 is 0 Å². The van der Waals surface area contributed by atoms with Crippen LogP contribution in [0.4, 0.5) is 0 Å². The number of rotatable bonds is 4. The molecule has 1 saturated heterocycles. The predicted octanol–water partition coefficient (Wildman–Crippen LogP) is 3.36. The van der Waals surface area contributed by atoms with Crippen LogP contribution in [0.25, 0.3) is 0 Å². The van der Waals surface area contributed by atoms with Gasteiger partial charge in [-0.05, 0) is 52.4 Å². The largest absolute Gasteiger partial charge is 0.465 e. The molecule has 4 nitrogen and oxygen atoms in total. The molecule has 1 N–H and O–H groups in total. The molecule has 0 saturated carbocycles. The van der Waals surface area contributed by atoms with Crippen LogP contribution in [0.15, 0.2) is 34.9 Å². The van der Waals surface area contributed by atoms with Crippen molar-refractivity contribution in [3.05, 3.63) is 34.9 Å². The van der Waals surface area contributed by atoms with Gasteiger partial charge in [0.25, 0.3) is 0 Å². The molecule has 0 aromatic carbocycles. The second-order valence-electron chi connectivity index (χ2n) is 7.18. The summed E-state index contributed by atoms with van der Waals surface area (Å²) < 4.78 is 5.37. The van der Waals surface area contributed by atoms with Crippen LogP contribution in [0.2, 0.25) is 0 Å². The zero-order valence-electron chi connectivity index (χ0n) is 14.8. The monoisotopic (exact) mass is 332 g/mol. The van der Waals surface area contributed by atoms with Crippen molar-refractivity contribution in [1.29, 1.82) is 0 Å². The molecular formula is C20H28O4. The van der Waals surface area contributed by atoms with Crippen molar-refractivity contribution in [1.82, 2.24) is 0 Å². The minimum Gasteiger partial charge on any atom is -0.465 e. The number of hydrogen-bond donors (Lipinski definition) is 1. The molecule has 24 heavy (non-hydrogen) atoms. The molecule has 0 radical (unpaired) electrons. The molecule has 0 aromatic rings. The average Bonchev–Trinajstić information content (AvgIpc) is 2.58. The van der Waals surface area contributed by atoms with Gasteiger partial charge in [0.2, 0.25) is 0 Å². The summed E-state index contributed by atoms with van der Waals surface area (Å²) in [6.45, 7) is 6.42. The SMILES string of the molecule is CC(C)=CCC[C@@H]1COC(=O)[C@@H]2/C(C=O)=C\C/C=C(/C)C[C@H](O)[C@H]12. The predicted molar refractivity (Wildman–Crippen MR) is 93.2 cm³/mol. The molecule has 0 unspecified atom stereocenters. The number of aldehydes is 1. The van der Waals surface area contributed by atoms with Crippen molar-refractivity contribution in [3.8, 4) is 0 Å². The number of aliphatic hydroxyl groups is 1. The molecule has 2 aliphatic rings. The van der Waals surface area contributed by atoms with E-state index in [4.69, 9.17) is 4.74 Å². The van der Waals surface area contributed by atoms with E-state index in [1.165, 1.54) is 5.57 Å². The molecule has 1 heterocycles. The van der Waals surface area contributed by atoms with Crippen LogP contribution >= 0.6 is 0 Å². The molecule has 4 atom stereocenters. The van der Waals surface area contributed by atoms with Crippen LogP contribution in [0, 0.1) is 17.8 Å². The molecule has 4 heteroatoms. The average molecular weight is 332 g/mol. The lowest BCUT2D eigenvalue weighted by Gasteiger charge is -2.39. The lowest BCUT2D eigenvalue weighted by molar-refractivity contribution is -0.164. The Hall–Kier alpha value is -1.68. The Labute approximate surface area is 144 Å². The normalized spacial score (nSPS) is 34.9. The number of ether oxygens (including phenoxy) is 1. The van der Waals surface area contributed by atoms with Gasteiger partial charge >= 0.3 is 5.97 Å². The number of carbonyl (C=O) groups excluding carboxylic acids is 2. The van der Waals surface area contributed by atoms with Gasteiger partial charge in [-0.3, -0.25) is 9.59 Å². The maximum atomic E-state index is 12.4. The summed E-state index contributed by atoms with van der Waals surface area (Å²) in [6, 6.07) is 0. The fraction of sp³-hybridized carbons (Fsp3) is 0.600. The highest BCUT2D eigenvalue weighted by molar-refractivity contribution is 5.88. The molecule has 1 aliphatic carbocycles. The van der Waals surface area contributed by atoms with E-state index in [-0.39, 0.29) is 17.8 Å². The highest BCUT2D eigenvalue weighted by Gasteiger charge is 2.45. The van der Waals surface area contributed by atoms with E-state index in [9.17, 15) is 14.7 Å². The Bertz CT molecular complexity index is 566. The summed E-state index contributed by atoms with van der Waals surface area (Å²) in [5, 5.41) is 10.8. The van der Waals surface area contributed by atoms with Crippen molar-refractivity contribution >= 4 is 12.3 Å². The summed E-state index contributed by atoms with van der Waals surface area (Å²) in [5.74, 6) is -1.24. The second-order valence-corrected chi connectivity index (χ2v) is 7.18. The highest BCUT2D eigenvalue weighted by Crippen LogP contribution is 2.39. The summed E-state index contributed by atoms with van der Waals surface area (Å²) >= 11 is 0. The van der Waals surface area contributed by atoms with Gasteiger partial charge in [-0.1, -0.05) is 29.4 Å². The molecule has 1 fully saturated rings. The lowest BCUT2D eigenvalue weighted by atomic mass is 9.70. The molecule has 2 rings (SSSR count). The highest BCUT2D eigenvalue weighted by atomic mass is 16.5. The number of cyclic esters (lactones) is 1. The van der Waals surface area contributed by atoms with Crippen molar-refractivity contribution in [2.45, 2.75) is 52.6 Å². The van der Waals surface area contributed by atoms with Crippen LogP contribution in [0.3, 0.4) is 0 Å². The van der Waals surface area contributed by atoms with E-state index in [0.29, 0.717) is 25.0 Å². The number of aliphatic hydroxyl groups excluding tert-OH is 1. The quantitative estimate of drug-likeness (QED) is 0.487. The molecular weight excluding hydrogens is 304 g/mol. The van der Waals surface area contributed by atoms with Gasteiger partial charge in [0.05, 0.1) is 18.6 Å². The Morgan fingerprint density at radius 2 is 2.12 bits per heavy atom. The molecule has 132 valence electrons. The van der Waals surface area contributed by atoms with Crippen molar-refractivity contribution < 1.29 is 19.4 Å². The zero-order chi connectivity index (χ0) is 17.7. The summed E-state index contributed by atoms with van der Waals surface area (Å²) in [5.41, 5.74) is 2.79. The van der Waals surface area contributed by atoms with Gasteiger partial charge in [-0.25, -0.2) is 0 Å².